The molecule has 2 atom stereocenters. The lowest BCUT2D eigenvalue weighted by Crippen LogP contribution is -2.42. The number of ether oxygens (including phenoxy) is 3. The largest absolute Gasteiger partial charge is 0.486 e. The van der Waals surface area contributed by atoms with Gasteiger partial charge in [0, 0.05) is 28.4 Å². The molecule has 0 aliphatic carbocycles. The lowest BCUT2D eigenvalue weighted by molar-refractivity contribution is -0.147. The number of hydrogen-bond donors (Lipinski definition) is 1. The van der Waals surface area contributed by atoms with Crippen LogP contribution in [0.4, 0.5) is 5.69 Å². The number of carbonyl (C=O) groups excluding carboxylic acids is 1. The molecular formula is C23H24ClNO6. The fourth-order valence-electron chi connectivity index (χ4n) is 3.96. The van der Waals surface area contributed by atoms with E-state index in [4.69, 9.17) is 25.8 Å². The van der Waals surface area contributed by atoms with Crippen LogP contribution in [-0.4, -0.2) is 42.8 Å². The zero-order valence-corrected chi connectivity index (χ0v) is 18.1. The minimum absolute atomic E-state index is 0.163. The first-order valence-electron chi connectivity index (χ1n) is 10.2. The second-order valence-electron chi connectivity index (χ2n) is 8.02. The molecule has 0 aromatic heterocycles. The van der Waals surface area contributed by atoms with Crippen LogP contribution in [0.3, 0.4) is 0 Å². The van der Waals surface area contributed by atoms with Crippen LogP contribution in [0.1, 0.15) is 37.5 Å². The molecule has 2 aliphatic heterocycles. The standard InChI is InChI=1S/C23H24ClNO6/c1-13(2)12-25-17-7-6-14(24)10-16(17)21(31-19(23(25)28)11-20(26)27)15-4-3-5-18-22(15)30-9-8-29-18/h3-7,10,13,19,21H,8-9,11-12H2,1-2H3,(H,26,27). The second-order valence-corrected chi connectivity index (χ2v) is 8.46. The molecule has 2 heterocycles. The third-order valence-corrected chi connectivity index (χ3v) is 5.43. The SMILES string of the molecule is CC(C)CN1C(=O)C(CC(=O)O)OC(c2cccc3c2OCCO3)c2cc(Cl)ccc21. The van der Waals surface area contributed by atoms with Crippen LogP contribution >= 0.6 is 11.6 Å². The van der Waals surface area contributed by atoms with Crippen molar-refractivity contribution < 1.29 is 28.9 Å². The number of hydrogen-bond acceptors (Lipinski definition) is 5. The van der Waals surface area contributed by atoms with Gasteiger partial charge in [0.2, 0.25) is 0 Å². The summed E-state index contributed by atoms with van der Waals surface area (Å²) >= 11 is 6.33. The van der Waals surface area contributed by atoms with E-state index < -0.39 is 24.6 Å². The fraction of sp³-hybridized carbons (Fsp3) is 0.391. The van der Waals surface area contributed by atoms with E-state index in [1.165, 1.54) is 0 Å². The summed E-state index contributed by atoms with van der Waals surface area (Å²) in [6, 6.07) is 10.7. The van der Waals surface area contributed by atoms with Gasteiger partial charge in [0.25, 0.3) is 5.91 Å². The Morgan fingerprint density at radius 2 is 1.97 bits per heavy atom. The maximum atomic E-state index is 13.4. The van der Waals surface area contributed by atoms with E-state index in [2.05, 4.69) is 0 Å². The zero-order valence-electron chi connectivity index (χ0n) is 17.3. The molecule has 2 unspecified atom stereocenters. The summed E-state index contributed by atoms with van der Waals surface area (Å²) in [5.41, 5.74) is 1.99. The molecule has 0 spiro atoms. The highest BCUT2D eigenvalue weighted by atomic mass is 35.5. The number of aliphatic carboxylic acids is 1. The Balaban J connectivity index is 1.90. The van der Waals surface area contributed by atoms with Crippen LogP contribution in [-0.2, 0) is 14.3 Å². The Labute approximate surface area is 185 Å². The van der Waals surface area contributed by atoms with E-state index >= 15 is 0 Å². The predicted molar refractivity (Wildman–Crippen MR) is 115 cm³/mol. The molecule has 4 rings (SSSR count). The monoisotopic (exact) mass is 445 g/mol. The first-order valence-corrected chi connectivity index (χ1v) is 10.6. The van der Waals surface area contributed by atoms with E-state index in [0.29, 0.717) is 53.1 Å². The molecule has 7 nitrogen and oxygen atoms in total. The van der Waals surface area contributed by atoms with Gasteiger partial charge in [-0.1, -0.05) is 37.6 Å². The van der Waals surface area contributed by atoms with Crippen LogP contribution in [0.15, 0.2) is 36.4 Å². The molecule has 8 heteroatoms. The van der Waals surface area contributed by atoms with Crippen molar-refractivity contribution in [3.63, 3.8) is 0 Å². The summed E-state index contributed by atoms with van der Waals surface area (Å²) in [6.07, 6.45) is -2.36. The molecule has 2 aliphatic rings. The van der Waals surface area contributed by atoms with E-state index in [9.17, 15) is 14.7 Å². The molecular weight excluding hydrogens is 422 g/mol. The molecule has 0 bridgehead atoms. The lowest BCUT2D eigenvalue weighted by Gasteiger charge is -2.27. The van der Waals surface area contributed by atoms with E-state index in [-0.39, 0.29) is 11.8 Å². The van der Waals surface area contributed by atoms with Gasteiger partial charge in [-0.15, -0.1) is 0 Å². The van der Waals surface area contributed by atoms with Crippen molar-refractivity contribution in [1.29, 1.82) is 0 Å². The van der Waals surface area contributed by atoms with Crippen LogP contribution in [0.2, 0.25) is 5.02 Å². The van der Waals surface area contributed by atoms with E-state index in [1.54, 1.807) is 29.2 Å². The van der Waals surface area contributed by atoms with Crippen molar-refractivity contribution >= 4 is 29.2 Å². The second kappa shape index (κ2) is 8.77. The van der Waals surface area contributed by atoms with Gasteiger partial charge in [-0.3, -0.25) is 9.59 Å². The van der Waals surface area contributed by atoms with Crippen LogP contribution in [0.5, 0.6) is 11.5 Å². The summed E-state index contributed by atoms with van der Waals surface area (Å²) in [6.45, 7) is 5.24. The first kappa shape index (κ1) is 21.5. The summed E-state index contributed by atoms with van der Waals surface area (Å²) in [5.74, 6) is -0.219. The fourth-order valence-corrected chi connectivity index (χ4v) is 4.14. The molecule has 31 heavy (non-hydrogen) atoms. The Morgan fingerprint density at radius 1 is 1.19 bits per heavy atom. The number of rotatable bonds is 5. The number of fused-ring (bicyclic) bond motifs is 2. The molecule has 164 valence electrons. The predicted octanol–water partition coefficient (Wildman–Crippen LogP) is 4.06. The number of para-hydroxylation sites is 1. The van der Waals surface area contributed by atoms with E-state index in [1.807, 2.05) is 26.0 Å². The van der Waals surface area contributed by atoms with Crippen LogP contribution in [0.25, 0.3) is 0 Å². The number of amides is 1. The highest BCUT2D eigenvalue weighted by molar-refractivity contribution is 6.30. The molecule has 2 aromatic rings. The Morgan fingerprint density at radius 3 is 2.71 bits per heavy atom. The third-order valence-electron chi connectivity index (χ3n) is 5.19. The highest BCUT2D eigenvalue weighted by Gasteiger charge is 2.39. The number of halogens is 1. The van der Waals surface area contributed by atoms with E-state index in [0.717, 1.165) is 0 Å². The number of carboxylic acids is 1. The number of nitrogens with zero attached hydrogens (tertiary/aromatic N) is 1. The average Bonchev–Trinajstić information content (AvgIpc) is 2.83. The van der Waals surface area contributed by atoms with Gasteiger partial charge in [0.1, 0.15) is 25.4 Å². The number of carbonyl (C=O) groups is 2. The summed E-state index contributed by atoms with van der Waals surface area (Å²) in [4.78, 5) is 26.5. The van der Waals surface area contributed by atoms with Crippen LogP contribution < -0.4 is 14.4 Å². The molecule has 0 radical (unpaired) electrons. The number of benzene rings is 2. The first-order chi connectivity index (χ1) is 14.8. The Bertz CT molecular complexity index is 1010. The van der Waals surface area contributed by atoms with Crippen LogP contribution in [0, 0.1) is 5.92 Å². The van der Waals surface area contributed by atoms with Crippen molar-refractivity contribution in [2.45, 2.75) is 32.5 Å². The lowest BCUT2D eigenvalue weighted by atomic mass is 9.97. The van der Waals surface area contributed by atoms with Gasteiger partial charge in [-0.05, 0) is 30.2 Å². The summed E-state index contributed by atoms with van der Waals surface area (Å²) < 4.78 is 17.8. The Kier molecular flexibility index (Phi) is 6.07. The molecule has 0 fully saturated rings. The topological polar surface area (TPSA) is 85.3 Å². The molecule has 2 aromatic carbocycles. The van der Waals surface area contributed by atoms with Crippen molar-refractivity contribution in [3.8, 4) is 11.5 Å². The van der Waals surface area contributed by atoms with Gasteiger partial charge >= 0.3 is 5.97 Å². The molecule has 0 saturated carbocycles. The maximum Gasteiger partial charge on any atom is 0.306 e. The van der Waals surface area contributed by atoms with Crippen molar-refractivity contribution in [1.82, 2.24) is 0 Å². The van der Waals surface area contributed by atoms with Gasteiger partial charge in [-0.25, -0.2) is 0 Å². The average molecular weight is 446 g/mol. The minimum atomic E-state index is -1.16. The highest BCUT2D eigenvalue weighted by Crippen LogP contribution is 2.46. The number of anilines is 1. The smallest absolute Gasteiger partial charge is 0.306 e. The normalized spacial score (nSPS) is 20.4. The van der Waals surface area contributed by atoms with Crippen molar-refractivity contribution in [2.75, 3.05) is 24.7 Å². The molecule has 1 amide bonds. The van der Waals surface area contributed by atoms with Crippen molar-refractivity contribution in [2.24, 2.45) is 5.92 Å². The summed E-state index contributed by atoms with van der Waals surface area (Å²) in [7, 11) is 0. The minimum Gasteiger partial charge on any atom is -0.486 e. The quantitative estimate of drug-likeness (QED) is 0.746. The number of carboxylic acid groups (broad SMARTS) is 1. The zero-order chi connectivity index (χ0) is 22.1. The third kappa shape index (κ3) is 4.34. The summed E-state index contributed by atoms with van der Waals surface area (Å²) in [5, 5.41) is 9.93. The van der Waals surface area contributed by atoms with Gasteiger partial charge in [0.15, 0.2) is 11.5 Å². The molecule has 0 saturated heterocycles. The van der Waals surface area contributed by atoms with Gasteiger partial charge in [-0.2, -0.15) is 0 Å². The Hall–Kier alpha value is -2.77. The van der Waals surface area contributed by atoms with Gasteiger partial charge < -0.3 is 24.2 Å². The van der Waals surface area contributed by atoms with Crippen molar-refractivity contribution in [3.05, 3.63) is 52.5 Å². The van der Waals surface area contributed by atoms with Gasteiger partial charge in [0.05, 0.1) is 6.42 Å². The molecule has 1 N–H and O–H groups in total. The maximum absolute atomic E-state index is 13.4.